The minimum atomic E-state index is -0.300. The van der Waals surface area contributed by atoms with Crippen molar-refractivity contribution >= 4 is 0 Å². The number of rotatable bonds is 2. The quantitative estimate of drug-likeness (QED) is 0.798. The summed E-state index contributed by atoms with van der Waals surface area (Å²) in [4.78, 5) is 2.54. The Labute approximate surface area is 105 Å². The van der Waals surface area contributed by atoms with Crippen LogP contribution >= 0.6 is 0 Å². The third kappa shape index (κ3) is 2.04. The van der Waals surface area contributed by atoms with Gasteiger partial charge in [0.2, 0.25) is 0 Å². The van der Waals surface area contributed by atoms with E-state index in [9.17, 15) is 5.11 Å². The Balaban J connectivity index is 1.67. The van der Waals surface area contributed by atoms with E-state index in [0.29, 0.717) is 11.8 Å². The van der Waals surface area contributed by atoms with E-state index in [1.165, 1.54) is 51.6 Å². The van der Waals surface area contributed by atoms with E-state index in [2.05, 4.69) is 11.8 Å². The molecule has 2 nitrogen and oxygen atoms in total. The highest BCUT2D eigenvalue weighted by Gasteiger charge is 2.49. The molecule has 3 atom stereocenters. The second-order valence-electron chi connectivity index (χ2n) is 6.65. The van der Waals surface area contributed by atoms with Gasteiger partial charge < -0.3 is 10.0 Å². The van der Waals surface area contributed by atoms with Gasteiger partial charge in [-0.2, -0.15) is 0 Å². The van der Waals surface area contributed by atoms with Crippen molar-refractivity contribution in [3.8, 4) is 0 Å². The zero-order chi connectivity index (χ0) is 11.9. The van der Waals surface area contributed by atoms with E-state index in [4.69, 9.17) is 0 Å². The zero-order valence-corrected chi connectivity index (χ0v) is 11.2. The lowest BCUT2D eigenvalue weighted by atomic mass is 9.66. The Morgan fingerprint density at radius 2 is 1.82 bits per heavy atom. The van der Waals surface area contributed by atoms with Crippen LogP contribution in [0.15, 0.2) is 0 Å². The fraction of sp³-hybridized carbons (Fsp3) is 1.00. The number of nitrogens with zero attached hydrogens (tertiary/aromatic N) is 1. The Morgan fingerprint density at radius 1 is 1.06 bits per heavy atom. The Kier molecular flexibility index (Phi) is 3.20. The minimum absolute atomic E-state index is 0.300. The first kappa shape index (κ1) is 12.0. The molecular formula is C15H27NO. The highest BCUT2D eigenvalue weighted by atomic mass is 16.3. The summed E-state index contributed by atoms with van der Waals surface area (Å²) in [6.07, 6.45) is 8.91. The number of piperidine rings is 1. The first-order valence-corrected chi connectivity index (χ1v) is 7.67. The van der Waals surface area contributed by atoms with Crippen LogP contribution in [0.25, 0.3) is 0 Å². The van der Waals surface area contributed by atoms with Crippen LogP contribution in [-0.4, -0.2) is 35.2 Å². The Morgan fingerprint density at radius 3 is 2.53 bits per heavy atom. The van der Waals surface area contributed by atoms with Crippen molar-refractivity contribution in [3.05, 3.63) is 0 Å². The van der Waals surface area contributed by atoms with E-state index in [-0.39, 0.29) is 5.60 Å². The molecule has 2 aliphatic heterocycles. The molecule has 2 saturated heterocycles. The molecule has 0 aromatic heterocycles. The molecule has 1 N–H and O–H groups in total. The highest BCUT2D eigenvalue weighted by Crippen LogP contribution is 2.46. The molecule has 0 aromatic rings. The Hall–Kier alpha value is -0.0800. The van der Waals surface area contributed by atoms with E-state index in [0.717, 1.165) is 18.9 Å². The SMILES string of the molecule is CCC1CCC(C2(O)CCN3CCC2C3)CC1. The van der Waals surface area contributed by atoms with E-state index in [1.54, 1.807) is 0 Å². The van der Waals surface area contributed by atoms with Crippen LogP contribution in [0.3, 0.4) is 0 Å². The summed E-state index contributed by atoms with van der Waals surface area (Å²) < 4.78 is 0. The van der Waals surface area contributed by atoms with Gasteiger partial charge in [0.15, 0.2) is 0 Å². The van der Waals surface area contributed by atoms with Crippen LogP contribution in [0.4, 0.5) is 0 Å². The molecule has 98 valence electrons. The molecule has 2 heteroatoms. The lowest BCUT2D eigenvalue weighted by molar-refractivity contribution is -0.103. The van der Waals surface area contributed by atoms with Crippen molar-refractivity contribution < 1.29 is 5.11 Å². The molecule has 17 heavy (non-hydrogen) atoms. The van der Waals surface area contributed by atoms with E-state index >= 15 is 0 Å². The van der Waals surface area contributed by atoms with Gasteiger partial charge in [-0.15, -0.1) is 0 Å². The van der Waals surface area contributed by atoms with Gasteiger partial charge in [-0.3, -0.25) is 0 Å². The van der Waals surface area contributed by atoms with Crippen LogP contribution in [0.1, 0.15) is 51.9 Å². The minimum Gasteiger partial charge on any atom is -0.389 e. The maximum absolute atomic E-state index is 11.1. The third-order valence-electron chi connectivity index (χ3n) is 5.94. The van der Waals surface area contributed by atoms with Crippen LogP contribution in [0, 0.1) is 17.8 Å². The van der Waals surface area contributed by atoms with Gasteiger partial charge in [0, 0.05) is 19.0 Å². The molecule has 3 fully saturated rings. The first-order valence-electron chi connectivity index (χ1n) is 7.67. The molecular weight excluding hydrogens is 210 g/mol. The highest BCUT2D eigenvalue weighted by molar-refractivity contribution is 5.02. The number of aliphatic hydroxyl groups is 1. The predicted molar refractivity (Wildman–Crippen MR) is 69.9 cm³/mol. The van der Waals surface area contributed by atoms with E-state index in [1.807, 2.05) is 0 Å². The zero-order valence-electron chi connectivity index (χ0n) is 11.2. The summed E-state index contributed by atoms with van der Waals surface area (Å²) in [6.45, 7) is 5.86. The number of hydrogen-bond acceptors (Lipinski definition) is 2. The fourth-order valence-electron chi connectivity index (χ4n) is 4.59. The molecule has 0 aromatic carbocycles. The molecule has 2 heterocycles. The van der Waals surface area contributed by atoms with Gasteiger partial charge in [-0.05, 0) is 44.1 Å². The number of fused-ring (bicyclic) bond motifs is 2. The molecule has 2 bridgehead atoms. The van der Waals surface area contributed by atoms with Crippen LogP contribution in [-0.2, 0) is 0 Å². The summed E-state index contributed by atoms with van der Waals surface area (Å²) in [5, 5.41) is 11.1. The second kappa shape index (κ2) is 4.55. The summed E-state index contributed by atoms with van der Waals surface area (Å²) >= 11 is 0. The first-order chi connectivity index (χ1) is 8.22. The van der Waals surface area contributed by atoms with E-state index < -0.39 is 0 Å². The lowest BCUT2D eigenvalue weighted by Crippen LogP contribution is -2.52. The smallest absolute Gasteiger partial charge is 0.0728 e. The van der Waals surface area contributed by atoms with Gasteiger partial charge in [0.1, 0.15) is 0 Å². The molecule has 0 radical (unpaired) electrons. The predicted octanol–water partition coefficient (Wildman–Crippen LogP) is 2.66. The summed E-state index contributed by atoms with van der Waals surface area (Å²) in [7, 11) is 0. The van der Waals surface area contributed by atoms with Crippen LogP contribution in [0.5, 0.6) is 0 Å². The molecule has 0 amide bonds. The van der Waals surface area contributed by atoms with Gasteiger partial charge in [-0.25, -0.2) is 0 Å². The standard InChI is InChI=1S/C15H27NO/c1-2-12-3-5-13(6-4-12)15(17)8-10-16-9-7-14(15)11-16/h12-14,17H,2-11H2,1H3. The monoisotopic (exact) mass is 237 g/mol. The fourth-order valence-corrected chi connectivity index (χ4v) is 4.59. The van der Waals surface area contributed by atoms with Crippen molar-refractivity contribution in [2.45, 2.75) is 57.5 Å². The summed E-state index contributed by atoms with van der Waals surface area (Å²) in [6, 6.07) is 0. The molecule has 3 unspecified atom stereocenters. The normalized spacial score (nSPS) is 50.5. The lowest BCUT2D eigenvalue weighted by Gasteiger charge is -2.46. The second-order valence-corrected chi connectivity index (χ2v) is 6.65. The maximum Gasteiger partial charge on any atom is 0.0728 e. The average Bonchev–Trinajstić information content (AvgIpc) is 2.80. The third-order valence-corrected chi connectivity index (χ3v) is 5.94. The van der Waals surface area contributed by atoms with Crippen LogP contribution < -0.4 is 0 Å². The molecule has 1 saturated carbocycles. The average molecular weight is 237 g/mol. The van der Waals surface area contributed by atoms with Crippen molar-refractivity contribution in [3.63, 3.8) is 0 Å². The summed E-state index contributed by atoms with van der Waals surface area (Å²) in [5.74, 6) is 2.13. The maximum atomic E-state index is 11.1. The van der Waals surface area contributed by atoms with Crippen molar-refractivity contribution in [2.75, 3.05) is 19.6 Å². The van der Waals surface area contributed by atoms with Crippen molar-refractivity contribution in [1.82, 2.24) is 4.90 Å². The molecule has 0 spiro atoms. The van der Waals surface area contributed by atoms with Crippen molar-refractivity contribution in [1.29, 1.82) is 0 Å². The topological polar surface area (TPSA) is 23.5 Å². The van der Waals surface area contributed by atoms with Crippen LogP contribution in [0.2, 0.25) is 0 Å². The van der Waals surface area contributed by atoms with Gasteiger partial charge in [-0.1, -0.05) is 26.2 Å². The van der Waals surface area contributed by atoms with Gasteiger partial charge in [0.25, 0.3) is 0 Å². The largest absolute Gasteiger partial charge is 0.389 e. The molecule has 1 aliphatic carbocycles. The van der Waals surface area contributed by atoms with Gasteiger partial charge >= 0.3 is 0 Å². The van der Waals surface area contributed by atoms with Crippen molar-refractivity contribution in [2.24, 2.45) is 17.8 Å². The molecule has 3 aliphatic rings. The van der Waals surface area contributed by atoms with Gasteiger partial charge in [0.05, 0.1) is 5.60 Å². The Bertz CT molecular complexity index is 272. The summed E-state index contributed by atoms with van der Waals surface area (Å²) in [5.41, 5.74) is -0.300. The number of hydrogen-bond donors (Lipinski definition) is 1. The molecule has 3 rings (SSSR count).